The fourth-order valence-electron chi connectivity index (χ4n) is 4.33. The number of carbonyl (C=O) groups is 3. The van der Waals surface area contributed by atoms with Crippen LogP contribution in [0.3, 0.4) is 0 Å². The van der Waals surface area contributed by atoms with Crippen molar-refractivity contribution in [3.8, 4) is 0 Å². The molecular formula is C26H20N4O5. The summed E-state index contributed by atoms with van der Waals surface area (Å²) in [5, 5.41) is 19.8. The molecule has 5 rings (SSSR count). The summed E-state index contributed by atoms with van der Waals surface area (Å²) < 4.78 is 0. The van der Waals surface area contributed by atoms with E-state index in [0.717, 1.165) is 11.1 Å². The standard InChI is InChI=1S/C26H20N4O5/c31-22-13-17(25(32)29-22)12-15-6-8-18(9-7-15)27-24(16-4-2-1-3-5-16)23-20-14-19(30(34)35)10-11-21(20)28-26(23)33/h1-11,14,17,27H,12-13H2,(H,28,33)(H,29,31,32)/b24-23-. The number of hydrogen-bond donors (Lipinski definition) is 3. The molecule has 3 aromatic carbocycles. The summed E-state index contributed by atoms with van der Waals surface area (Å²) >= 11 is 0. The van der Waals surface area contributed by atoms with Crippen LogP contribution in [0.2, 0.25) is 0 Å². The van der Waals surface area contributed by atoms with E-state index in [4.69, 9.17) is 0 Å². The Kier molecular flexibility index (Phi) is 5.58. The molecule has 1 saturated heterocycles. The van der Waals surface area contributed by atoms with Gasteiger partial charge in [0.25, 0.3) is 11.6 Å². The molecule has 2 heterocycles. The molecule has 1 fully saturated rings. The highest BCUT2D eigenvalue weighted by molar-refractivity contribution is 6.37. The first kappa shape index (κ1) is 22.0. The van der Waals surface area contributed by atoms with Crippen molar-refractivity contribution >= 4 is 46.1 Å². The second-order valence-electron chi connectivity index (χ2n) is 8.40. The van der Waals surface area contributed by atoms with Crippen LogP contribution in [0.1, 0.15) is 23.1 Å². The van der Waals surface area contributed by atoms with Crippen LogP contribution >= 0.6 is 0 Å². The van der Waals surface area contributed by atoms with E-state index in [0.29, 0.717) is 34.6 Å². The van der Waals surface area contributed by atoms with Gasteiger partial charge in [0.15, 0.2) is 0 Å². The molecule has 0 bridgehead atoms. The van der Waals surface area contributed by atoms with Crippen molar-refractivity contribution in [3.63, 3.8) is 0 Å². The second kappa shape index (κ2) is 8.86. The minimum atomic E-state index is -0.493. The molecular weight excluding hydrogens is 448 g/mol. The highest BCUT2D eigenvalue weighted by Gasteiger charge is 2.31. The number of nitrogens with zero attached hydrogens (tertiary/aromatic N) is 1. The lowest BCUT2D eigenvalue weighted by atomic mass is 9.97. The summed E-state index contributed by atoms with van der Waals surface area (Å²) in [7, 11) is 0. The maximum atomic E-state index is 13.0. The van der Waals surface area contributed by atoms with Gasteiger partial charge in [-0.2, -0.15) is 0 Å². The van der Waals surface area contributed by atoms with Crippen molar-refractivity contribution in [3.05, 3.63) is 99.6 Å². The molecule has 35 heavy (non-hydrogen) atoms. The van der Waals surface area contributed by atoms with Crippen molar-refractivity contribution in [1.29, 1.82) is 0 Å². The van der Waals surface area contributed by atoms with Crippen LogP contribution in [0.15, 0.2) is 72.8 Å². The summed E-state index contributed by atoms with van der Waals surface area (Å²) in [6, 6.07) is 20.9. The maximum absolute atomic E-state index is 13.0. The normalized spacial score (nSPS) is 18.1. The van der Waals surface area contributed by atoms with E-state index in [1.165, 1.54) is 18.2 Å². The molecule has 0 saturated carbocycles. The Bertz CT molecular complexity index is 1400. The van der Waals surface area contributed by atoms with E-state index in [1.54, 1.807) is 0 Å². The Labute approximate surface area is 200 Å². The predicted molar refractivity (Wildman–Crippen MR) is 130 cm³/mol. The number of hydrogen-bond acceptors (Lipinski definition) is 6. The average molecular weight is 468 g/mol. The van der Waals surface area contributed by atoms with Crippen LogP contribution in [0, 0.1) is 16.0 Å². The zero-order valence-electron chi connectivity index (χ0n) is 18.4. The predicted octanol–water partition coefficient (Wildman–Crippen LogP) is 3.73. The molecule has 1 unspecified atom stereocenters. The Morgan fingerprint density at radius 1 is 0.971 bits per heavy atom. The number of carbonyl (C=O) groups excluding carboxylic acids is 3. The van der Waals surface area contributed by atoms with Crippen LogP contribution in [-0.4, -0.2) is 22.6 Å². The van der Waals surface area contributed by atoms with Gasteiger partial charge in [0.05, 0.1) is 22.1 Å². The van der Waals surface area contributed by atoms with Gasteiger partial charge in [-0.05, 0) is 35.7 Å². The lowest BCUT2D eigenvalue weighted by Crippen LogP contribution is -2.22. The third-order valence-corrected chi connectivity index (χ3v) is 6.04. The van der Waals surface area contributed by atoms with Gasteiger partial charge in [-0.3, -0.25) is 29.8 Å². The highest BCUT2D eigenvalue weighted by atomic mass is 16.6. The number of non-ortho nitro benzene ring substituents is 1. The fourth-order valence-corrected chi connectivity index (χ4v) is 4.33. The lowest BCUT2D eigenvalue weighted by Gasteiger charge is -2.15. The quantitative estimate of drug-likeness (QED) is 0.219. The molecule has 0 aromatic heterocycles. The fraction of sp³-hybridized carbons (Fsp3) is 0.115. The van der Waals surface area contributed by atoms with E-state index in [2.05, 4.69) is 16.0 Å². The van der Waals surface area contributed by atoms with Crippen molar-refractivity contribution in [2.45, 2.75) is 12.8 Å². The van der Waals surface area contributed by atoms with E-state index < -0.39 is 4.92 Å². The molecule has 3 aromatic rings. The van der Waals surface area contributed by atoms with E-state index in [9.17, 15) is 24.5 Å². The number of fused-ring (bicyclic) bond motifs is 1. The van der Waals surface area contributed by atoms with Crippen molar-refractivity contribution < 1.29 is 19.3 Å². The average Bonchev–Trinajstić information content (AvgIpc) is 3.35. The molecule has 2 aliphatic rings. The molecule has 174 valence electrons. The van der Waals surface area contributed by atoms with Crippen LogP contribution in [-0.2, 0) is 20.8 Å². The van der Waals surface area contributed by atoms with E-state index in [1.807, 2.05) is 54.6 Å². The summed E-state index contributed by atoms with van der Waals surface area (Å²) in [5.74, 6) is -1.25. The smallest absolute Gasteiger partial charge is 0.270 e. The Balaban J connectivity index is 1.50. The van der Waals surface area contributed by atoms with Gasteiger partial charge < -0.3 is 10.6 Å². The van der Waals surface area contributed by atoms with E-state index in [-0.39, 0.29) is 35.7 Å². The number of nitro benzene ring substituents is 1. The molecule has 0 spiro atoms. The summed E-state index contributed by atoms with van der Waals surface area (Å²) in [6.07, 6.45) is 0.633. The largest absolute Gasteiger partial charge is 0.354 e. The first-order valence-corrected chi connectivity index (χ1v) is 11.0. The van der Waals surface area contributed by atoms with Gasteiger partial charge >= 0.3 is 0 Å². The van der Waals surface area contributed by atoms with Crippen molar-refractivity contribution in [2.24, 2.45) is 5.92 Å². The first-order chi connectivity index (χ1) is 16.9. The van der Waals surface area contributed by atoms with Crippen molar-refractivity contribution in [2.75, 3.05) is 10.6 Å². The van der Waals surface area contributed by atoms with Gasteiger partial charge in [0.2, 0.25) is 11.8 Å². The first-order valence-electron chi connectivity index (χ1n) is 11.0. The number of nitro groups is 1. The molecule has 2 aliphatic heterocycles. The van der Waals surface area contributed by atoms with Crippen LogP contribution < -0.4 is 16.0 Å². The third kappa shape index (κ3) is 4.39. The number of imide groups is 1. The number of nitrogens with one attached hydrogen (secondary N) is 3. The minimum absolute atomic E-state index is 0.107. The van der Waals surface area contributed by atoms with Crippen LogP contribution in [0.4, 0.5) is 17.1 Å². The molecule has 3 amide bonds. The van der Waals surface area contributed by atoms with Crippen LogP contribution in [0.5, 0.6) is 0 Å². The molecule has 3 N–H and O–H groups in total. The Hall–Kier alpha value is -4.79. The Morgan fingerprint density at radius 2 is 1.71 bits per heavy atom. The number of amides is 3. The zero-order chi connectivity index (χ0) is 24.5. The lowest BCUT2D eigenvalue weighted by molar-refractivity contribution is -0.384. The molecule has 1 atom stereocenters. The van der Waals surface area contributed by atoms with Gasteiger partial charge in [-0.25, -0.2) is 0 Å². The van der Waals surface area contributed by atoms with Gasteiger partial charge in [0.1, 0.15) is 0 Å². The molecule has 9 nitrogen and oxygen atoms in total. The number of anilines is 2. The number of rotatable bonds is 6. The maximum Gasteiger partial charge on any atom is 0.270 e. The van der Waals surface area contributed by atoms with Gasteiger partial charge in [-0.1, -0.05) is 42.5 Å². The highest BCUT2D eigenvalue weighted by Crippen LogP contribution is 2.39. The number of benzene rings is 3. The molecule has 9 heteroatoms. The minimum Gasteiger partial charge on any atom is -0.354 e. The second-order valence-corrected chi connectivity index (χ2v) is 8.40. The molecule has 0 radical (unpaired) electrons. The zero-order valence-corrected chi connectivity index (χ0v) is 18.4. The monoisotopic (exact) mass is 468 g/mol. The summed E-state index contributed by atoms with van der Waals surface area (Å²) in [4.78, 5) is 47.1. The van der Waals surface area contributed by atoms with Gasteiger partial charge in [0, 0.05) is 35.5 Å². The molecule has 0 aliphatic carbocycles. The van der Waals surface area contributed by atoms with Crippen LogP contribution in [0.25, 0.3) is 11.3 Å². The summed E-state index contributed by atoms with van der Waals surface area (Å²) in [6.45, 7) is 0. The van der Waals surface area contributed by atoms with E-state index >= 15 is 0 Å². The Morgan fingerprint density at radius 3 is 2.37 bits per heavy atom. The summed E-state index contributed by atoms with van der Waals surface area (Å²) in [5.41, 5.74) is 3.99. The topological polar surface area (TPSA) is 130 Å². The SMILES string of the molecule is O=C1CC(Cc2ccc(N/C(=C3\C(=O)Nc4ccc([N+](=O)[O-])cc43)c3ccccc3)cc2)C(=O)N1. The third-order valence-electron chi connectivity index (χ3n) is 6.04. The van der Waals surface area contributed by atoms with Gasteiger partial charge in [-0.15, -0.1) is 0 Å². The van der Waals surface area contributed by atoms with Crippen molar-refractivity contribution in [1.82, 2.24) is 5.32 Å².